The Hall–Kier alpha value is -2.12. The lowest BCUT2D eigenvalue weighted by atomic mass is 10.2. The number of carbonyl (C=O) groups is 2. The molecule has 0 bridgehead atoms. The third-order valence-corrected chi connectivity index (χ3v) is 2.59. The zero-order valence-corrected chi connectivity index (χ0v) is 10.7. The van der Waals surface area contributed by atoms with Crippen molar-refractivity contribution in [2.45, 2.75) is 6.10 Å². The van der Waals surface area contributed by atoms with Gasteiger partial charge in [0, 0.05) is 5.69 Å². The molecule has 0 aliphatic carbocycles. The quantitative estimate of drug-likeness (QED) is 0.816. The third-order valence-electron chi connectivity index (χ3n) is 2.59. The second-order valence-electron chi connectivity index (χ2n) is 4.13. The first kappa shape index (κ1) is 14.3. The molecule has 1 aliphatic rings. The van der Waals surface area contributed by atoms with Crippen LogP contribution in [0.2, 0.25) is 0 Å². The predicted molar refractivity (Wildman–Crippen MR) is 68.8 cm³/mol. The molecule has 0 saturated carbocycles. The first-order valence-corrected chi connectivity index (χ1v) is 6.10. The molecule has 20 heavy (non-hydrogen) atoms. The van der Waals surface area contributed by atoms with Gasteiger partial charge in [-0.25, -0.2) is 4.79 Å². The first-order valence-electron chi connectivity index (χ1n) is 6.10. The molecule has 108 valence electrons. The first-order chi connectivity index (χ1) is 9.65. The predicted octanol–water partition coefficient (Wildman–Crippen LogP) is 0.504. The van der Waals surface area contributed by atoms with Crippen LogP contribution >= 0.6 is 0 Å². The standard InChI is InChI=1S/C13H15NO6/c15-12(16)8-20-10-3-1-9(2-4-10)14-13(17)11-7-18-5-6-19-11/h1-4,11H,5-8H2,(H,14,17)(H,15,16). The normalized spacial score (nSPS) is 18.3. The number of nitrogens with one attached hydrogen (secondary N) is 1. The molecular weight excluding hydrogens is 266 g/mol. The highest BCUT2D eigenvalue weighted by Gasteiger charge is 2.22. The van der Waals surface area contributed by atoms with Gasteiger partial charge >= 0.3 is 5.97 Å². The number of ether oxygens (including phenoxy) is 3. The molecule has 1 unspecified atom stereocenters. The van der Waals surface area contributed by atoms with Crippen molar-refractivity contribution < 1.29 is 28.9 Å². The smallest absolute Gasteiger partial charge is 0.341 e. The second kappa shape index (κ2) is 6.88. The summed E-state index contributed by atoms with van der Waals surface area (Å²) in [5, 5.41) is 11.2. The van der Waals surface area contributed by atoms with E-state index in [1.54, 1.807) is 24.3 Å². The van der Waals surface area contributed by atoms with Crippen LogP contribution in [-0.4, -0.2) is 49.5 Å². The van der Waals surface area contributed by atoms with Gasteiger partial charge in [0.15, 0.2) is 12.7 Å². The summed E-state index contributed by atoms with van der Waals surface area (Å²) in [7, 11) is 0. The van der Waals surface area contributed by atoms with E-state index >= 15 is 0 Å². The van der Waals surface area contributed by atoms with E-state index in [4.69, 9.17) is 19.3 Å². The highest BCUT2D eigenvalue weighted by atomic mass is 16.6. The number of amides is 1. The summed E-state index contributed by atoms with van der Waals surface area (Å²) in [6.07, 6.45) is -0.605. The van der Waals surface area contributed by atoms with E-state index in [2.05, 4.69) is 5.32 Å². The third kappa shape index (κ3) is 4.22. The topological polar surface area (TPSA) is 94.1 Å². The summed E-state index contributed by atoms with van der Waals surface area (Å²) in [6, 6.07) is 6.41. The van der Waals surface area contributed by atoms with Gasteiger partial charge < -0.3 is 24.6 Å². The van der Waals surface area contributed by atoms with Crippen molar-refractivity contribution in [3.05, 3.63) is 24.3 Å². The average molecular weight is 281 g/mol. The fourth-order valence-corrected chi connectivity index (χ4v) is 1.64. The van der Waals surface area contributed by atoms with E-state index in [0.29, 0.717) is 24.7 Å². The van der Waals surface area contributed by atoms with Gasteiger partial charge in [-0.3, -0.25) is 4.79 Å². The minimum atomic E-state index is -1.04. The number of anilines is 1. The molecule has 1 atom stereocenters. The zero-order valence-electron chi connectivity index (χ0n) is 10.7. The molecule has 2 rings (SSSR count). The summed E-state index contributed by atoms with van der Waals surface area (Å²) >= 11 is 0. The van der Waals surface area contributed by atoms with Crippen LogP contribution in [-0.2, 0) is 19.1 Å². The zero-order chi connectivity index (χ0) is 14.4. The van der Waals surface area contributed by atoms with Crippen LogP contribution in [0.4, 0.5) is 5.69 Å². The van der Waals surface area contributed by atoms with Gasteiger partial charge in [0.25, 0.3) is 5.91 Å². The van der Waals surface area contributed by atoms with Crippen LogP contribution in [0, 0.1) is 0 Å². The molecule has 1 aromatic carbocycles. The number of carbonyl (C=O) groups excluding carboxylic acids is 1. The Morgan fingerprint density at radius 3 is 2.65 bits per heavy atom. The Bertz CT molecular complexity index is 466. The Morgan fingerprint density at radius 2 is 2.05 bits per heavy atom. The van der Waals surface area contributed by atoms with Crippen molar-refractivity contribution in [2.75, 3.05) is 31.7 Å². The molecule has 1 heterocycles. The van der Waals surface area contributed by atoms with Crippen LogP contribution in [0.15, 0.2) is 24.3 Å². The van der Waals surface area contributed by atoms with Crippen LogP contribution < -0.4 is 10.1 Å². The molecule has 1 amide bonds. The van der Waals surface area contributed by atoms with Crippen molar-refractivity contribution in [3.8, 4) is 5.75 Å². The number of carboxylic acid groups (broad SMARTS) is 1. The molecular formula is C13H15NO6. The minimum Gasteiger partial charge on any atom is -0.482 e. The molecule has 1 aromatic rings. The minimum absolute atomic E-state index is 0.242. The van der Waals surface area contributed by atoms with E-state index in [0.717, 1.165) is 0 Å². The van der Waals surface area contributed by atoms with E-state index < -0.39 is 18.7 Å². The molecule has 0 spiro atoms. The summed E-state index contributed by atoms with van der Waals surface area (Å²) in [5.41, 5.74) is 0.576. The summed E-state index contributed by atoms with van der Waals surface area (Å²) in [5.74, 6) is -0.900. The molecule has 2 N–H and O–H groups in total. The Labute approximate surface area is 115 Å². The lowest BCUT2D eigenvalue weighted by Crippen LogP contribution is -2.39. The highest BCUT2D eigenvalue weighted by molar-refractivity contribution is 5.94. The maximum atomic E-state index is 11.8. The fourth-order valence-electron chi connectivity index (χ4n) is 1.64. The fraction of sp³-hybridized carbons (Fsp3) is 0.385. The van der Waals surface area contributed by atoms with Gasteiger partial charge in [-0.05, 0) is 24.3 Å². The van der Waals surface area contributed by atoms with Crippen LogP contribution in [0.5, 0.6) is 5.75 Å². The van der Waals surface area contributed by atoms with Crippen LogP contribution in [0.3, 0.4) is 0 Å². The highest BCUT2D eigenvalue weighted by Crippen LogP contribution is 2.16. The lowest BCUT2D eigenvalue weighted by molar-refractivity contribution is -0.142. The maximum absolute atomic E-state index is 11.8. The van der Waals surface area contributed by atoms with Gasteiger partial charge in [-0.2, -0.15) is 0 Å². The second-order valence-corrected chi connectivity index (χ2v) is 4.13. The summed E-state index contributed by atoms with van der Waals surface area (Å²) < 4.78 is 15.4. The molecule has 0 aromatic heterocycles. The van der Waals surface area contributed by atoms with E-state index in [-0.39, 0.29) is 12.5 Å². The van der Waals surface area contributed by atoms with Crippen molar-refractivity contribution >= 4 is 17.6 Å². The van der Waals surface area contributed by atoms with E-state index in [1.165, 1.54) is 0 Å². The van der Waals surface area contributed by atoms with Crippen LogP contribution in [0.25, 0.3) is 0 Å². The Kier molecular flexibility index (Phi) is 4.91. The van der Waals surface area contributed by atoms with Crippen molar-refractivity contribution in [1.29, 1.82) is 0 Å². The maximum Gasteiger partial charge on any atom is 0.341 e. The van der Waals surface area contributed by atoms with Crippen molar-refractivity contribution in [1.82, 2.24) is 0 Å². The van der Waals surface area contributed by atoms with Crippen LogP contribution in [0.1, 0.15) is 0 Å². The number of rotatable bonds is 5. The van der Waals surface area contributed by atoms with E-state index in [9.17, 15) is 9.59 Å². The molecule has 7 heteroatoms. The number of carboxylic acids is 1. The number of benzene rings is 1. The monoisotopic (exact) mass is 281 g/mol. The van der Waals surface area contributed by atoms with Gasteiger partial charge in [-0.15, -0.1) is 0 Å². The summed E-state index contributed by atoms with van der Waals surface area (Å²) in [4.78, 5) is 22.2. The molecule has 1 aliphatic heterocycles. The number of aliphatic carboxylic acids is 1. The Balaban J connectivity index is 1.86. The Morgan fingerprint density at radius 1 is 1.30 bits per heavy atom. The molecule has 7 nitrogen and oxygen atoms in total. The van der Waals surface area contributed by atoms with Gasteiger partial charge in [0.2, 0.25) is 0 Å². The van der Waals surface area contributed by atoms with Gasteiger partial charge in [-0.1, -0.05) is 0 Å². The number of hydrogen-bond acceptors (Lipinski definition) is 5. The lowest BCUT2D eigenvalue weighted by Gasteiger charge is -2.22. The van der Waals surface area contributed by atoms with Gasteiger partial charge in [0.1, 0.15) is 5.75 Å². The molecule has 1 fully saturated rings. The number of hydrogen-bond donors (Lipinski definition) is 2. The molecule has 0 radical (unpaired) electrons. The largest absolute Gasteiger partial charge is 0.482 e. The molecule has 1 saturated heterocycles. The van der Waals surface area contributed by atoms with E-state index in [1.807, 2.05) is 0 Å². The average Bonchev–Trinajstić information content (AvgIpc) is 2.47. The van der Waals surface area contributed by atoms with Crippen molar-refractivity contribution in [3.63, 3.8) is 0 Å². The van der Waals surface area contributed by atoms with Crippen molar-refractivity contribution in [2.24, 2.45) is 0 Å². The summed E-state index contributed by atoms with van der Waals surface area (Å²) in [6.45, 7) is 0.740. The van der Waals surface area contributed by atoms with Gasteiger partial charge in [0.05, 0.1) is 19.8 Å². The SMILES string of the molecule is O=C(O)COc1ccc(NC(=O)C2COCCO2)cc1.